The zero-order valence-electron chi connectivity index (χ0n) is 15.3. The lowest BCUT2D eigenvalue weighted by Crippen LogP contribution is -2.37. The first-order valence-corrected chi connectivity index (χ1v) is 9.07. The summed E-state index contributed by atoms with van der Waals surface area (Å²) in [5.74, 6) is -0.590. The SMILES string of the molecule is CC(C)(C)c1ccccc1NC(=O)CN1C[C@@H]2CCC[C@@]2(C(=O)O)C1. The Labute approximate surface area is 149 Å². The normalized spacial score (nSPS) is 26.4. The Kier molecular flexibility index (Phi) is 4.62. The van der Waals surface area contributed by atoms with Gasteiger partial charge in [-0.15, -0.1) is 0 Å². The molecular weight excluding hydrogens is 316 g/mol. The van der Waals surface area contributed by atoms with Gasteiger partial charge in [0.25, 0.3) is 0 Å². The second-order valence-electron chi connectivity index (χ2n) is 8.56. The summed E-state index contributed by atoms with van der Waals surface area (Å²) in [5.41, 5.74) is 1.25. The summed E-state index contributed by atoms with van der Waals surface area (Å²) >= 11 is 0. The highest BCUT2D eigenvalue weighted by molar-refractivity contribution is 5.93. The van der Waals surface area contributed by atoms with Crippen molar-refractivity contribution < 1.29 is 14.7 Å². The molecule has 0 unspecified atom stereocenters. The van der Waals surface area contributed by atoms with Crippen molar-refractivity contribution in [2.75, 3.05) is 25.0 Å². The van der Waals surface area contributed by atoms with E-state index in [2.05, 4.69) is 26.1 Å². The van der Waals surface area contributed by atoms with E-state index >= 15 is 0 Å². The maximum absolute atomic E-state index is 12.5. The highest BCUT2D eigenvalue weighted by Gasteiger charge is 2.54. The first kappa shape index (κ1) is 17.9. The summed E-state index contributed by atoms with van der Waals surface area (Å²) in [6, 6.07) is 7.87. The largest absolute Gasteiger partial charge is 0.481 e. The van der Waals surface area contributed by atoms with Crippen molar-refractivity contribution in [3.63, 3.8) is 0 Å². The fourth-order valence-electron chi connectivity index (χ4n) is 4.50. The van der Waals surface area contributed by atoms with Gasteiger partial charge in [0.05, 0.1) is 12.0 Å². The van der Waals surface area contributed by atoms with E-state index in [9.17, 15) is 14.7 Å². The maximum Gasteiger partial charge on any atom is 0.311 e. The summed E-state index contributed by atoms with van der Waals surface area (Å²) in [6.07, 6.45) is 2.67. The van der Waals surface area contributed by atoms with Crippen molar-refractivity contribution >= 4 is 17.6 Å². The predicted molar refractivity (Wildman–Crippen MR) is 97.6 cm³/mol. The summed E-state index contributed by atoms with van der Waals surface area (Å²) in [4.78, 5) is 26.3. The Bertz CT molecular complexity index is 680. The topological polar surface area (TPSA) is 69.6 Å². The van der Waals surface area contributed by atoms with Gasteiger partial charge in [-0.05, 0) is 35.8 Å². The van der Waals surface area contributed by atoms with E-state index in [1.54, 1.807) is 0 Å². The lowest BCUT2D eigenvalue weighted by molar-refractivity contribution is -0.149. The van der Waals surface area contributed by atoms with Crippen LogP contribution in [0.3, 0.4) is 0 Å². The maximum atomic E-state index is 12.5. The van der Waals surface area contributed by atoms with Gasteiger partial charge in [0.1, 0.15) is 0 Å². The Hall–Kier alpha value is -1.88. The van der Waals surface area contributed by atoms with Crippen molar-refractivity contribution in [3.05, 3.63) is 29.8 Å². The van der Waals surface area contributed by atoms with Crippen LogP contribution in [0.5, 0.6) is 0 Å². The molecule has 25 heavy (non-hydrogen) atoms. The molecule has 5 nitrogen and oxygen atoms in total. The number of carboxylic acids is 1. The number of fused-ring (bicyclic) bond motifs is 1. The summed E-state index contributed by atoms with van der Waals surface area (Å²) in [6.45, 7) is 7.81. The minimum absolute atomic E-state index is 0.0537. The fourth-order valence-corrected chi connectivity index (χ4v) is 4.50. The van der Waals surface area contributed by atoms with Crippen molar-refractivity contribution in [2.45, 2.75) is 45.4 Å². The number of aliphatic carboxylic acids is 1. The van der Waals surface area contributed by atoms with E-state index in [0.29, 0.717) is 13.1 Å². The number of benzene rings is 1. The lowest BCUT2D eigenvalue weighted by Gasteiger charge is -2.24. The predicted octanol–water partition coefficient (Wildman–Crippen LogP) is 3.11. The van der Waals surface area contributed by atoms with Gasteiger partial charge >= 0.3 is 5.97 Å². The highest BCUT2D eigenvalue weighted by Crippen LogP contribution is 2.48. The molecule has 1 aromatic carbocycles. The van der Waals surface area contributed by atoms with Crippen molar-refractivity contribution in [3.8, 4) is 0 Å². The number of carbonyl (C=O) groups is 2. The van der Waals surface area contributed by atoms with E-state index in [-0.39, 0.29) is 23.8 Å². The van der Waals surface area contributed by atoms with Crippen molar-refractivity contribution in [2.24, 2.45) is 11.3 Å². The van der Waals surface area contributed by atoms with Crippen LogP contribution in [0.1, 0.15) is 45.6 Å². The van der Waals surface area contributed by atoms with Crippen LogP contribution < -0.4 is 5.32 Å². The van der Waals surface area contributed by atoms with Crippen molar-refractivity contribution in [1.82, 2.24) is 4.90 Å². The number of hydrogen-bond acceptors (Lipinski definition) is 3. The molecule has 1 saturated heterocycles. The molecule has 1 amide bonds. The molecule has 2 aliphatic rings. The average Bonchev–Trinajstić information content (AvgIpc) is 3.04. The standard InChI is InChI=1S/C20H28N2O3/c1-19(2,3)15-8-4-5-9-16(15)21-17(23)12-22-11-14-7-6-10-20(14,13-22)18(24)25/h4-5,8-9,14H,6-7,10-13H2,1-3H3,(H,21,23)(H,24,25)/t14-,20+/m0/s1. The zero-order valence-corrected chi connectivity index (χ0v) is 15.3. The Balaban J connectivity index is 1.66. The van der Waals surface area contributed by atoms with Crippen LogP contribution in [0, 0.1) is 11.3 Å². The average molecular weight is 344 g/mol. The molecule has 2 atom stereocenters. The molecule has 5 heteroatoms. The molecule has 3 rings (SSSR count). The third-order valence-electron chi connectivity index (χ3n) is 5.74. The quantitative estimate of drug-likeness (QED) is 0.880. The molecule has 2 N–H and O–H groups in total. The molecule has 1 aliphatic heterocycles. The minimum atomic E-state index is -0.698. The number of carbonyl (C=O) groups excluding carboxylic acids is 1. The molecule has 2 fully saturated rings. The van der Waals surface area contributed by atoms with E-state index < -0.39 is 11.4 Å². The van der Waals surface area contributed by atoms with E-state index in [0.717, 1.165) is 30.5 Å². The second kappa shape index (κ2) is 6.45. The van der Waals surface area contributed by atoms with Crippen LogP contribution >= 0.6 is 0 Å². The minimum Gasteiger partial charge on any atom is -0.481 e. The van der Waals surface area contributed by atoms with Crippen LogP contribution in [-0.2, 0) is 15.0 Å². The number of anilines is 1. The first-order valence-electron chi connectivity index (χ1n) is 9.07. The number of hydrogen-bond donors (Lipinski definition) is 2. The molecule has 136 valence electrons. The van der Waals surface area contributed by atoms with Crippen LogP contribution in [0.4, 0.5) is 5.69 Å². The molecule has 0 bridgehead atoms. The van der Waals surface area contributed by atoms with Gasteiger partial charge in [0.2, 0.25) is 5.91 Å². The van der Waals surface area contributed by atoms with Gasteiger partial charge in [-0.3, -0.25) is 14.5 Å². The van der Waals surface area contributed by atoms with Crippen LogP contribution in [0.15, 0.2) is 24.3 Å². The van der Waals surface area contributed by atoms with Crippen LogP contribution in [-0.4, -0.2) is 41.5 Å². The van der Waals surface area contributed by atoms with E-state index in [1.165, 1.54) is 0 Å². The fraction of sp³-hybridized carbons (Fsp3) is 0.600. The van der Waals surface area contributed by atoms with E-state index in [1.807, 2.05) is 29.2 Å². The number of para-hydroxylation sites is 1. The molecule has 0 spiro atoms. The molecule has 1 saturated carbocycles. The molecule has 0 aromatic heterocycles. The highest BCUT2D eigenvalue weighted by atomic mass is 16.4. The van der Waals surface area contributed by atoms with Gasteiger partial charge in [0.15, 0.2) is 0 Å². The van der Waals surface area contributed by atoms with Crippen molar-refractivity contribution in [1.29, 1.82) is 0 Å². The van der Waals surface area contributed by atoms with Crippen LogP contribution in [0.25, 0.3) is 0 Å². The number of likely N-dealkylation sites (tertiary alicyclic amines) is 1. The van der Waals surface area contributed by atoms with Gasteiger partial charge < -0.3 is 10.4 Å². The first-order chi connectivity index (χ1) is 11.7. The third-order valence-corrected chi connectivity index (χ3v) is 5.74. The van der Waals surface area contributed by atoms with Crippen LogP contribution in [0.2, 0.25) is 0 Å². The number of nitrogens with zero attached hydrogens (tertiary/aromatic N) is 1. The summed E-state index contributed by atoms with van der Waals surface area (Å²) in [5, 5.41) is 12.7. The second-order valence-corrected chi connectivity index (χ2v) is 8.56. The van der Waals surface area contributed by atoms with Gasteiger partial charge in [0, 0.05) is 18.8 Å². The monoisotopic (exact) mass is 344 g/mol. The molecule has 1 aliphatic carbocycles. The van der Waals surface area contributed by atoms with E-state index in [4.69, 9.17) is 0 Å². The molecule has 1 heterocycles. The van der Waals surface area contributed by atoms with Gasteiger partial charge in [-0.1, -0.05) is 45.4 Å². The molecular formula is C20H28N2O3. The Morgan fingerprint density at radius 3 is 2.68 bits per heavy atom. The third kappa shape index (κ3) is 3.43. The zero-order chi connectivity index (χ0) is 18.2. The number of rotatable bonds is 4. The van der Waals surface area contributed by atoms with Gasteiger partial charge in [-0.2, -0.15) is 0 Å². The molecule has 0 radical (unpaired) electrons. The Morgan fingerprint density at radius 1 is 1.32 bits per heavy atom. The number of amides is 1. The van der Waals surface area contributed by atoms with Gasteiger partial charge in [-0.25, -0.2) is 0 Å². The Morgan fingerprint density at radius 2 is 2.04 bits per heavy atom. The number of nitrogens with one attached hydrogen (secondary N) is 1. The summed E-state index contributed by atoms with van der Waals surface area (Å²) in [7, 11) is 0. The molecule has 1 aromatic rings. The summed E-state index contributed by atoms with van der Waals surface area (Å²) < 4.78 is 0. The number of carboxylic acid groups (broad SMARTS) is 1. The smallest absolute Gasteiger partial charge is 0.311 e. The lowest BCUT2D eigenvalue weighted by atomic mass is 9.81.